The van der Waals surface area contributed by atoms with Crippen LogP contribution < -0.4 is 50.8 Å². The van der Waals surface area contributed by atoms with Crippen LogP contribution in [0.1, 0.15) is 121 Å². The number of aromatic nitrogens is 2. The fourth-order valence-electron chi connectivity index (χ4n) is 10.8. The number of carbonyl (C=O) groups is 4. The number of amides is 4. The average molecular weight is 1290 g/mol. The van der Waals surface area contributed by atoms with Gasteiger partial charge in [-0.3, -0.25) is 19.2 Å². The lowest BCUT2D eigenvalue weighted by molar-refractivity contribution is -0.646. The molecule has 4 amide bonds. The van der Waals surface area contributed by atoms with Crippen LogP contribution in [-0.2, 0) is 73.8 Å². The van der Waals surface area contributed by atoms with E-state index in [9.17, 15) is 19.2 Å². The zero-order valence-corrected chi connectivity index (χ0v) is 57.7. The minimum absolute atomic E-state index is 0.000718. The second-order valence-corrected chi connectivity index (χ2v) is 23.9. The Kier molecular flexibility index (Phi) is 38.5. The summed E-state index contributed by atoms with van der Waals surface area (Å²) in [5.74, 6) is 0.176. The molecule has 6 aromatic rings. The number of pyridine rings is 2. The van der Waals surface area contributed by atoms with Gasteiger partial charge in [-0.25, -0.2) is 0 Å². The molecule has 0 bridgehead atoms. The molecule has 0 aliphatic rings. The van der Waals surface area contributed by atoms with Crippen LogP contribution in [0.2, 0.25) is 0 Å². The molecule has 0 spiro atoms. The molecule has 514 valence electrons. The highest BCUT2D eigenvalue weighted by Gasteiger charge is 2.20. The molecule has 0 saturated heterocycles. The van der Waals surface area contributed by atoms with Gasteiger partial charge in [-0.15, -0.1) is 0 Å². The Morgan fingerprint density at radius 1 is 0.366 bits per heavy atom. The number of anilines is 2. The van der Waals surface area contributed by atoms with E-state index in [0.717, 1.165) is 90.4 Å². The van der Waals surface area contributed by atoms with Crippen molar-refractivity contribution in [3.05, 3.63) is 96.1 Å². The Bertz CT molecular complexity index is 3000. The number of unbranched alkanes of at least 4 members (excludes halogenated alkanes) is 4. The van der Waals surface area contributed by atoms with Gasteiger partial charge in [-0.1, -0.05) is 19.1 Å². The van der Waals surface area contributed by atoms with Crippen LogP contribution in [0, 0.1) is 0 Å². The highest BCUT2D eigenvalue weighted by molar-refractivity contribution is 5.92. The number of hydrogen-bond acceptors (Lipinski definition) is 14. The minimum atomic E-state index is -0.0370. The maximum absolute atomic E-state index is 12.4. The molecule has 0 saturated carbocycles. The third-order valence-corrected chi connectivity index (χ3v) is 15.8. The first kappa shape index (κ1) is 77.1. The van der Waals surface area contributed by atoms with Crippen LogP contribution in [-0.4, -0.2) is 171 Å². The maximum Gasteiger partial charge on any atom is 0.220 e. The van der Waals surface area contributed by atoms with Crippen LogP contribution in [0.4, 0.5) is 11.4 Å². The SMILES string of the molecule is CCCNC(=O)CCCC(=O)NCCCOCCOCCOCCCNC(=O)CCCCC[n+]1c2cc(CNC)ccc2cc2ccc(CNC)cc21.CCOCCOCCOCCCNC(=O)CCCCC[n+]1c2cc(N(C)C)ccc2cc2ccc(N(C)C)cc21. The van der Waals surface area contributed by atoms with Crippen LogP contribution in [0.25, 0.3) is 43.6 Å². The largest absolute Gasteiger partial charge is 0.379 e. The summed E-state index contributed by atoms with van der Waals surface area (Å²) in [6.07, 6.45) is 11.3. The van der Waals surface area contributed by atoms with E-state index in [4.69, 9.17) is 28.4 Å². The third-order valence-electron chi connectivity index (χ3n) is 15.8. The number of carbonyl (C=O) groups excluding carboxylic acids is 4. The average Bonchev–Trinajstić information content (AvgIpc) is 0.779. The lowest BCUT2D eigenvalue weighted by Gasteiger charge is -2.15. The predicted molar refractivity (Wildman–Crippen MR) is 375 cm³/mol. The lowest BCUT2D eigenvalue weighted by Crippen LogP contribution is -2.36. The van der Waals surface area contributed by atoms with Gasteiger partial charge in [0.05, 0.1) is 52.9 Å². The van der Waals surface area contributed by atoms with Crippen molar-refractivity contribution in [1.29, 1.82) is 0 Å². The zero-order valence-electron chi connectivity index (χ0n) is 57.7. The molecule has 6 N–H and O–H groups in total. The quantitative estimate of drug-likeness (QED) is 0.0120. The number of rotatable bonds is 49. The molecule has 4 aromatic carbocycles. The fraction of sp³-hybridized carbons (Fsp3) is 0.589. The molecule has 0 unspecified atom stereocenters. The molecule has 0 radical (unpaired) electrons. The number of hydrogen-bond donors (Lipinski definition) is 6. The molecule has 20 heteroatoms. The minimum Gasteiger partial charge on any atom is -0.379 e. The Morgan fingerprint density at radius 3 is 1.05 bits per heavy atom. The van der Waals surface area contributed by atoms with Crippen molar-refractivity contribution >= 4 is 78.6 Å². The van der Waals surface area contributed by atoms with E-state index >= 15 is 0 Å². The van der Waals surface area contributed by atoms with Gasteiger partial charge in [-0.2, -0.15) is 9.13 Å². The van der Waals surface area contributed by atoms with Gasteiger partial charge < -0.3 is 70.1 Å². The molecule has 93 heavy (non-hydrogen) atoms. The van der Waals surface area contributed by atoms with Gasteiger partial charge in [0.25, 0.3) is 0 Å². The molecular formula is C73H114N10O10+2. The van der Waals surface area contributed by atoms with E-state index < -0.39 is 0 Å². The van der Waals surface area contributed by atoms with Crippen molar-refractivity contribution in [2.75, 3.05) is 158 Å². The molecule has 0 atom stereocenters. The van der Waals surface area contributed by atoms with Crippen LogP contribution in [0.5, 0.6) is 0 Å². The van der Waals surface area contributed by atoms with Crippen LogP contribution in [0.15, 0.2) is 84.9 Å². The molecule has 6 rings (SSSR count). The number of ether oxygens (including phenoxy) is 6. The summed E-state index contributed by atoms with van der Waals surface area (Å²) in [4.78, 5) is 52.4. The first-order valence-electron chi connectivity index (χ1n) is 34.3. The van der Waals surface area contributed by atoms with E-state index in [1.807, 2.05) is 27.9 Å². The number of nitrogens with zero attached hydrogens (tertiary/aromatic N) is 4. The number of benzene rings is 4. The Balaban J connectivity index is 0.000000350. The van der Waals surface area contributed by atoms with Gasteiger partial charge in [0.1, 0.15) is 13.1 Å². The predicted octanol–water partition coefficient (Wildman–Crippen LogP) is 8.59. The number of nitrogens with one attached hydrogen (secondary N) is 6. The summed E-state index contributed by atoms with van der Waals surface area (Å²) in [5.41, 5.74) is 9.90. The number of fused-ring (bicyclic) bond motifs is 4. The van der Waals surface area contributed by atoms with Gasteiger partial charge in [-0.05, 0) is 138 Å². The molecule has 2 heterocycles. The molecule has 20 nitrogen and oxygen atoms in total. The molecule has 0 fully saturated rings. The second-order valence-electron chi connectivity index (χ2n) is 23.9. The molecule has 0 aliphatic heterocycles. The van der Waals surface area contributed by atoms with Crippen molar-refractivity contribution in [2.24, 2.45) is 0 Å². The van der Waals surface area contributed by atoms with Crippen LogP contribution in [0.3, 0.4) is 0 Å². The third kappa shape index (κ3) is 30.1. The first-order chi connectivity index (χ1) is 45.3. The second kappa shape index (κ2) is 46.5. The Morgan fingerprint density at radius 2 is 0.699 bits per heavy atom. The summed E-state index contributed by atoms with van der Waals surface area (Å²) in [6.45, 7) is 16.7. The Labute approximate surface area is 554 Å². The molecule has 2 aromatic heterocycles. The van der Waals surface area contributed by atoms with Crippen molar-refractivity contribution in [3.63, 3.8) is 0 Å². The topological polar surface area (TPSA) is 210 Å². The van der Waals surface area contributed by atoms with Crippen molar-refractivity contribution in [1.82, 2.24) is 31.9 Å². The van der Waals surface area contributed by atoms with E-state index in [-0.39, 0.29) is 23.6 Å². The van der Waals surface area contributed by atoms with E-state index in [1.165, 1.54) is 66.1 Å². The monoisotopic (exact) mass is 1290 g/mol. The Hall–Kier alpha value is -6.62. The van der Waals surface area contributed by atoms with Gasteiger partial charge in [0.2, 0.25) is 45.7 Å². The first-order valence-corrected chi connectivity index (χ1v) is 34.3. The highest BCUT2D eigenvalue weighted by atomic mass is 16.5. The lowest BCUT2D eigenvalue weighted by atomic mass is 10.0. The standard InChI is InChI=1S/C41H64N6O6.C32H48N4O4/c1-4-18-44-40(49)12-8-13-41(50)46-20-10-23-52-25-27-53-26-24-51-22-9-19-45-39(48)11-6-5-7-21-47-37-28-33(31-42-2)14-16-35(37)30-36-17-15-34(32-43-3)29-38(36)47;1-6-38-19-20-40-22-21-39-18-10-16-33-32(37)11-8-7-9-17-36-30-24-28(34(2)3)14-12-26(30)23-27-13-15-29(35(4)5)25-31(27)36/h14-17,28-30,42-43H,4-13,18-27,31-32H2,1-3H3,(H2-,44,45,46,48,49,50);12-15,23-25H,6-11,16-22H2,1-5H3/p+2. The van der Waals surface area contributed by atoms with Crippen molar-refractivity contribution < 1.29 is 56.7 Å². The smallest absolute Gasteiger partial charge is 0.220 e. The van der Waals surface area contributed by atoms with Gasteiger partial charge in [0.15, 0.2) is 0 Å². The summed E-state index contributed by atoms with van der Waals surface area (Å²) >= 11 is 0. The molecule has 0 aliphatic carbocycles. The number of aryl methyl sites for hydroxylation is 2. The zero-order chi connectivity index (χ0) is 66.7. The van der Waals surface area contributed by atoms with E-state index in [0.29, 0.717) is 138 Å². The fourth-order valence-corrected chi connectivity index (χ4v) is 10.8. The maximum atomic E-state index is 12.4. The summed E-state index contributed by atoms with van der Waals surface area (Å²) < 4.78 is 37.8. The van der Waals surface area contributed by atoms with Gasteiger partial charge >= 0.3 is 0 Å². The highest BCUT2D eigenvalue weighted by Crippen LogP contribution is 2.26. The summed E-state index contributed by atoms with van der Waals surface area (Å²) in [6, 6.07) is 31.4. The van der Waals surface area contributed by atoms with Crippen molar-refractivity contribution in [2.45, 2.75) is 136 Å². The van der Waals surface area contributed by atoms with Crippen LogP contribution >= 0.6 is 0 Å². The summed E-state index contributed by atoms with van der Waals surface area (Å²) in [5, 5.41) is 23.2. The summed E-state index contributed by atoms with van der Waals surface area (Å²) in [7, 11) is 12.3. The normalized spacial score (nSPS) is 11.3. The van der Waals surface area contributed by atoms with E-state index in [1.54, 1.807) is 0 Å². The van der Waals surface area contributed by atoms with E-state index in [2.05, 4.69) is 164 Å². The van der Waals surface area contributed by atoms with Gasteiger partial charge in [0, 0.05) is 190 Å². The van der Waals surface area contributed by atoms with Crippen molar-refractivity contribution in [3.8, 4) is 0 Å². The molecular weight excluding hydrogens is 1180 g/mol.